The summed E-state index contributed by atoms with van der Waals surface area (Å²) >= 11 is 0. The first-order chi connectivity index (χ1) is 10.1. The van der Waals surface area contributed by atoms with Gasteiger partial charge in [0.05, 0.1) is 6.10 Å². The summed E-state index contributed by atoms with van der Waals surface area (Å²) < 4.78 is 0. The van der Waals surface area contributed by atoms with Gasteiger partial charge in [0.15, 0.2) is 0 Å². The lowest BCUT2D eigenvalue weighted by Gasteiger charge is -2.24. The number of amides is 1. The highest BCUT2D eigenvalue weighted by molar-refractivity contribution is 5.75. The van der Waals surface area contributed by atoms with Crippen LogP contribution < -0.4 is 0 Å². The Balaban J connectivity index is 1.88. The van der Waals surface area contributed by atoms with Crippen molar-refractivity contribution in [2.45, 2.75) is 32.8 Å². The molecule has 0 aliphatic carbocycles. The topological polar surface area (TPSA) is 43.8 Å². The second-order valence-corrected chi connectivity index (χ2v) is 5.81. The molecule has 1 N–H and O–H groups in total. The highest BCUT2D eigenvalue weighted by atomic mass is 16.3. The molecule has 116 valence electrons. The van der Waals surface area contributed by atoms with E-state index in [9.17, 15) is 9.90 Å². The van der Waals surface area contributed by atoms with Crippen molar-refractivity contribution in [3.8, 4) is 0 Å². The molecule has 1 aromatic carbocycles. The van der Waals surface area contributed by atoms with E-state index in [2.05, 4.69) is 4.90 Å². The molecule has 1 fully saturated rings. The van der Waals surface area contributed by atoms with Crippen molar-refractivity contribution >= 4 is 5.91 Å². The van der Waals surface area contributed by atoms with Crippen LogP contribution in [-0.2, 0) is 4.79 Å². The fourth-order valence-corrected chi connectivity index (χ4v) is 2.77. The summed E-state index contributed by atoms with van der Waals surface area (Å²) in [6.45, 7) is 7.98. The molecule has 0 spiro atoms. The van der Waals surface area contributed by atoms with Crippen LogP contribution in [0.4, 0.5) is 0 Å². The van der Waals surface area contributed by atoms with Crippen LogP contribution in [0.15, 0.2) is 24.3 Å². The van der Waals surface area contributed by atoms with Gasteiger partial charge in [-0.3, -0.25) is 9.69 Å². The molecule has 0 radical (unpaired) electrons. The third kappa shape index (κ3) is 4.55. The number of carbonyl (C=O) groups is 1. The van der Waals surface area contributed by atoms with Crippen molar-refractivity contribution in [1.29, 1.82) is 0 Å². The third-order valence-electron chi connectivity index (χ3n) is 4.14. The van der Waals surface area contributed by atoms with E-state index in [1.165, 1.54) is 5.56 Å². The number of hydrogen-bond donors (Lipinski definition) is 1. The van der Waals surface area contributed by atoms with Gasteiger partial charge >= 0.3 is 0 Å². The average Bonchev–Trinajstić information content (AvgIpc) is 2.72. The molecule has 1 atom stereocenters. The molecular weight excluding hydrogens is 264 g/mol. The second-order valence-electron chi connectivity index (χ2n) is 5.81. The first-order valence-corrected chi connectivity index (χ1v) is 7.85. The van der Waals surface area contributed by atoms with Gasteiger partial charge in [-0.05, 0) is 18.9 Å². The van der Waals surface area contributed by atoms with Crippen LogP contribution in [0.2, 0.25) is 0 Å². The van der Waals surface area contributed by atoms with Crippen LogP contribution >= 0.6 is 0 Å². The van der Waals surface area contributed by atoms with E-state index >= 15 is 0 Å². The lowest BCUT2D eigenvalue weighted by molar-refractivity contribution is -0.130. The Kier molecular flexibility index (Phi) is 5.76. The van der Waals surface area contributed by atoms with Gasteiger partial charge in [-0.25, -0.2) is 0 Å². The largest absolute Gasteiger partial charge is 0.387 e. The van der Waals surface area contributed by atoms with E-state index in [0.29, 0.717) is 13.0 Å². The van der Waals surface area contributed by atoms with E-state index < -0.39 is 6.10 Å². The van der Waals surface area contributed by atoms with Gasteiger partial charge in [0.2, 0.25) is 5.91 Å². The number of rotatable bonds is 4. The Labute approximate surface area is 127 Å². The van der Waals surface area contributed by atoms with E-state index in [0.717, 1.165) is 38.2 Å². The predicted molar refractivity (Wildman–Crippen MR) is 84.1 cm³/mol. The predicted octanol–water partition coefficient (Wildman–Crippen LogP) is 1.97. The summed E-state index contributed by atoms with van der Waals surface area (Å²) in [4.78, 5) is 16.0. The standard InChI is InChI=1S/C17H26N2O2/c1-3-17(21)19-10-4-9-18(11-12-19)13-16(20)15-7-5-14(2)6-8-15/h5-8,16,20H,3-4,9-13H2,1-2H3. The molecular formula is C17H26N2O2. The number of aliphatic hydroxyl groups excluding tert-OH is 1. The zero-order valence-corrected chi connectivity index (χ0v) is 13.1. The van der Waals surface area contributed by atoms with Crippen LogP contribution in [0.1, 0.15) is 37.0 Å². The van der Waals surface area contributed by atoms with Crippen molar-refractivity contribution < 1.29 is 9.90 Å². The molecule has 1 amide bonds. The van der Waals surface area contributed by atoms with Crippen LogP contribution in [0, 0.1) is 6.92 Å². The molecule has 1 saturated heterocycles. The molecule has 1 heterocycles. The normalized spacial score (nSPS) is 18.3. The zero-order chi connectivity index (χ0) is 15.2. The van der Waals surface area contributed by atoms with Crippen LogP contribution in [0.3, 0.4) is 0 Å². The van der Waals surface area contributed by atoms with Gasteiger partial charge in [-0.1, -0.05) is 36.8 Å². The van der Waals surface area contributed by atoms with Crippen molar-refractivity contribution in [1.82, 2.24) is 9.80 Å². The molecule has 2 rings (SSSR count). The SMILES string of the molecule is CCC(=O)N1CCCN(CC(O)c2ccc(C)cc2)CC1. The van der Waals surface area contributed by atoms with Gasteiger partial charge in [0.25, 0.3) is 0 Å². The molecule has 0 aromatic heterocycles. The van der Waals surface area contributed by atoms with Gasteiger partial charge in [0, 0.05) is 39.1 Å². The Morgan fingerprint density at radius 2 is 1.90 bits per heavy atom. The Bertz CT molecular complexity index is 458. The molecule has 4 nitrogen and oxygen atoms in total. The molecule has 21 heavy (non-hydrogen) atoms. The summed E-state index contributed by atoms with van der Waals surface area (Å²) in [5.74, 6) is 0.232. The number of aryl methyl sites for hydroxylation is 1. The van der Waals surface area contributed by atoms with Crippen molar-refractivity contribution in [3.05, 3.63) is 35.4 Å². The molecule has 1 unspecified atom stereocenters. The van der Waals surface area contributed by atoms with Gasteiger partial charge in [-0.15, -0.1) is 0 Å². The molecule has 4 heteroatoms. The summed E-state index contributed by atoms with van der Waals surface area (Å²) in [6, 6.07) is 8.04. The minimum atomic E-state index is -0.459. The number of aliphatic hydroxyl groups is 1. The first kappa shape index (κ1) is 16.0. The highest BCUT2D eigenvalue weighted by Crippen LogP contribution is 2.16. The second kappa shape index (κ2) is 7.57. The minimum Gasteiger partial charge on any atom is -0.387 e. The molecule has 0 bridgehead atoms. The maximum atomic E-state index is 11.8. The molecule has 1 aliphatic rings. The van der Waals surface area contributed by atoms with Crippen LogP contribution in [0.25, 0.3) is 0 Å². The van der Waals surface area contributed by atoms with Gasteiger partial charge in [-0.2, -0.15) is 0 Å². The summed E-state index contributed by atoms with van der Waals surface area (Å²) in [5.41, 5.74) is 2.17. The molecule has 1 aliphatic heterocycles. The maximum Gasteiger partial charge on any atom is 0.222 e. The van der Waals surface area contributed by atoms with Gasteiger partial charge < -0.3 is 10.0 Å². The zero-order valence-electron chi connectivity index (χ0n) is 13.1. The van der Waals surface area contributed by atoms with E-state index in [1.54, 1.807) is 0 Å². The lowest BCUT2D eigenvalue weighted by atomic mass is 10.1. The molecule has 0 saturated carbocycles. The summed E-state index contributed by atoms with van der Waals surface area (Å²) in [5, 5.41) is 10.4. The number of benzene rings is 1. The maximum absolute atomic E-state index is 11.8. The smallest absolute Gasteiger partial charge is 0.222 e. The summed E-state index contributed by atoms with van der Waals surface area (Å²) in [6.07, 6.45) is 1.09. The molecule has 1 aromatic rings. The van der Waals surface area contributed by atoms with E-state index in [4.69, 9.17) is 0 Å². The van der Waals surface area contributed by atoms with Crippen LogP contribution in [-0.4, -0.2) is 53.5 Å². The minimum absolute atomic E-state index is 0.232. The van der Waals surface area contributed by atoms with E-state index in [1.807, 2.05) is 43.0 Å². The van der Waals surface area contributed by atoms with E-state index in [-0.39, 0.29) is 5.91 Å². The van der Waals surface area contributed by atoms with Crippen molar-refractivity contribution in [3.63, 3.8) is 0 Å². The highest BCUT2D eigenvalue weighted by Gasteiger charge is 2.20. The number of carbonyl (C=O) groups excluding carboxylic acids is 1. The number of β-amino-alcohol motifs (C(OH)–C–C–N with tert-alkyl or cyclic N) is 1. The van der Waals surface area contributed by atoms with Crippen LogP contribution in [0.5, 0.6) is 0 Å². The number of nitrogens with zero attached hydrogens (tertiary/aromatic N) is 2. The lowest BCUT2D eigenvalue weighted by Crippen LogP contribution is -2.36. The number of hydrogen-bond acceptors (Lipinski definition) is 3. The Morgan fingerprint density at radius 1 is 1.19 bits per heavy atom. The first-order valence-electron chi connectivity index (χ1n) is 7.85. The Morgan fingerprint density at radius 3 is 2.57 bits per heavy atom. The quantitative estimate of drug-likeness (QED) is 0.922. The van der Waals surface area contributed by atoms with Gasteiger partial charge in [0.1, 0.15) is 0 Å². The van der Waals surface area contributed by atoms with Crippen molar-refractivity contribution in [2.75, 3.05) is 32.7 Å². The monoisotopic (exact) mass is 290 g/mol. The Hall–Kier alpha value is -1.39. The average molecular weight is 290 g/mol. The summed E-state index contributed by atoms with van der Waals surface area (Å²) in [7, 11) is 0. The van der Waals surface area contributed by atoms with Crippen molar-refractivity contribution in [2.24, 2.45) is 0 Å². The third-order valence-corrected chi connectivity index (χ3v) is 4.14. The fraction of sp³-hybridized carbons (Fsp3) is 0.588. The fourth-order valence-electron chi connectivity index (χ4n) is 2.77.